The van der Waals surface area contributed by atoms with Gasteiger partial charge in [0.2, 0.25) is 0 Å². The molecule has 0 spiro atoms. The average Bonchev–Trinajstić information content (AvgIpc) is 2.91. The van der Waals surface area contributed by atoms with Crippen LogP contribution in [0.5, 0.6) is 0 Å². The second-order valence-electron chi connectivity index (χ2n) is 4.53. The first kappa shape index (κ1) is 12.9. The van der Waals surface area contributed by atoms with Gasteiger partial charge >= 0.3 is 0 Å². The van der Waals surface area contributed by atoms with Gasteiger partial charge in [-0.05, 0) is 18.6 Å². The van der Waals surface area contributed by atoms with E-state index < -0.39 is 5.91 Å². The van der Waals surface area contributed by atoms with Crippen molar-refractivity contribution in [2.75, 3.05) is 11.1 Å². The summed E-state index contributed by atoms with van der Waals surface area (Å²) < 4.78 is 1.55. The third-order valence-corrected chi connectivity index (χ3v) is 4.17. The number of thioether (sulfide) groups is 1. The van der Waals surface area contributed by atoms with Crippen molar-refractivity contribution in [2.24, 2.45) is 0 Å². The molecule has 2 aromatic rings. The first-order chi connectivity index (χ1) is 9.66. The lowest BCUT2D eigenvalue weighted by atomic mass is 10.2. The molecule has 0 atom stereocenters. The van der Waals surface area contributed by atoms with Crippen molar-refractivity contribution in [1.29, 1.82) is 0 Å². The number of rotatable bonds is 2. The molecule has 1 amide bonds. The molecule has 0 saturated carbocycles. The number of fused-ring (bicyclic) bond motifs is 1. The molecule has 0 radical (unpaired) electrons. The van der Waals surface area contributed by atoms with Crippen molar-refractivity contribution in [1.82, 2.24) is 9.55 Å². The summed E-state index contributed by atoms with van der Waals surface area (Å²) in [5.41, 5.74) is 1.47. The van der Waals surface area contributed by atoms with E-state index in [0.29, 0.717) is 17.4 Å². The average molecular weight is 287 g/mol. The van der Waals surface area contributed by atoms with Gasteiger partial charge in [0.15, 0.2) is 5.16 Å². The number of nitrogens with one attached hydrogen (secondary N) is 1. The van der Waals surface area contributed by atoms with E-state index in [1.165, 1.54) is 18.0 Å². The molecule has 1 aliphatic heterocycles. The number of benzene rings is 1. The molecule has 1 N–H and O–H groups in total. The molecule has 0 fully saturated rings. The second kappa shape index (κ2) is 5.13. The fraction of sp³-hybridized carbons (Fsp3) is 0.214. The van der Waals surface area contributed by atoms with Crippen LogP contribution < -0.4 is 10.9 Å². The van der Waals surface area contributed by atoms with Crippen LogP contribution in [0, 0.1) is 6.92 Å². The van der Waals surface area contributed by atoms with E-state index in [1.54, 1.807) is 4.57 Å². The lowest BCUT2D eigenvalue weighted by Crippen LogP contribution is -2.29. The summed E-state index contributed by atoms with van der Waals surface area (Å²) in [4.78, 5) is 28.6. The maximum absolute atomic E-state index is 12.2. The quantitative estimate of drug-likeness (QED) is 0.857. The molecule has 2 heterocycles. The molecule has 20 heavy (non-hydrogen) atoms. The molecule has 3 rings (SSSR count). The van der Waals surface area contributed by atoms with E-state index in [-0.39, 0.29) is 11.1 Å². The third kappa shape index (κ3) is 2.22. The SMILES string of the molecule is Cc1ccccc1NC(=O)c1cnc2n(c1=O)CCS2. The Hall–Kier alpha value is -2.08. The van der Waals surface area contributed by atoms with E-state index in [0.717, 1.165) is 11.3 Å². The predicted molar refractivity (Wildman–Crippen MR) is 78.4 cm³/mol. The first-order valence-electron chi connectivity index (χ1n) is 6.26. The third-order valence-electron chi connectivity index (χ3n) is 3.19. The number of hydrogen-bond donors (Lipinski definition) is 1. The molecule has 5 nitrogen and oxygen atoms in total. The summed E-state index contributed by atoms with van der Waals surface area (Å²) in [6, 6.07) is 7.45. The Morgan fingerprint density at radius 2 is 2.20 bits per heavy atom. The molecule has 0 saturated heterocycles. The van der Waals surface area contributed by atoms with Gasteiger partial charge in [-0.2, -0.15) is 0 Å². The highest BCUT2D eigenvalue weighted by molar-refractivity contribution is 7.99. The van der Waals surface area contributed by atoms with Crippen LogP contribution >= 0.6 is 11.8 Å². The molecule has 0 bridgehead atoms. The number of nitrogens with zero attached hydrogens (tertiary/aromatic N) is 2. The van der Waals surface area contributed by atoms with Gasteiger partial charge in [0.05, 0.1) is 0 Å². The highest BCUT2D eigenvalue weighted by Gasteiger charge is 2.20. The van der Waals surface area contributed by atoms with Gasteiger partial charge in [-0.3, -0.25) is 14.2 Å². The number of aryl methyl sites for hydroxylation is 1. The van der Waals surface area contributed by atoms with Gasteiger partial charge in [-0.1, -0.05) is 30.0 Å². The summed E-state index contributed by atoms with van der Waals surface area (Å²) in [6.07, 6.45) is 1.36. The number of amides is 1. The Kier molecular flexibility index (Phi) is 3.31. The smallest absolute Gasteiger partial charge is 0.267 e. The fourth-order valence-corrected chi connectivity index (χ4v) is 2.99. The van der Waals surface area contributed by atoms with Gasteiger partial charge in [-0.25, -0.2) is 4.98 Å². The van der Waals surface area contributed by atoms with Crippen LogP contribution in [-0.4, -0.2) is 21.2 Å². The zero-order valence-electron chi connectivity index (χ0n) is 10.9. The highest BCUT2D eigenvalue weighted by Crippen LogP contribution is 2.21. The van der Waals surface area contributed by atoms with E-state index >= 15 is 0 Å². The fourth-order valence-electron chi connectivity index (χ4n) is 2.08. The zero-order valence-corrected chi connectivity index (χ0v) is 11.7. The maximum atomic E-state index is 12.2. The minimum atomic E-state index is -0.413. The largest absolute Gasteiger partial charge is 0.322 e. The topological polar surface area (TPSA) is 64.0 Å². The summed E-state index contributed by atoms with van der Waals surface area (Å²) in [5.74, 6) is 0.412. The number of carbonyl (C=O) groups is 1. The first-order valence-corrected chi connectivity index (χ1v) is 7.25. The monoisotopic (exact) mass is 287 g/mol. The maximum Gasteiger partial charge on any atom is 0.267 e. The zero-order chi connectivity index (χ0) is 14.1. The van der Waals surface area contributed by atoms with Crippen molar-refractivity contribution in [2.45, 2.75) is 18.6 Å². The van der Waals surface area contributed by atoms with Crippen LogP contribution in [0.25, 0.3) is 0 Å². The standard InChI is InChI=1S/C14H13N3O2S/c1-9-4-2-3-5-11(9)16-12(18)10-8-15-14-17(13(10)19)6-7-20-14/h2-5,8H,6-7H2,1H3,(H,16,18). The van der Waals surface area contributed by atoms with E-state index in [9.17, 15) is 9.59 Å². The molecule has 1 aliphatic rings. The van der Waals surface area contributed by atoms with E-state index in [4.69, 9.17) is 0 Å². The minimum absolute atomic E-state index is 0.0829. The lowest BCUT2D eigenvalue weighted by molar-refractivity contribution is 0.102. The van der Waals surface area contributed by atoms with Gasteiger partial charge in [0.25, 0.3) is 11.5 Å². The van der Waals surface area contributed by atoms with Gasteiger partial charge < -0.3 is 5.32 Å². The molecule has 6 heteroatoms. The van der Waals surface area contributed by atoms with E-state index in [1.807, 2.05) is 31.2 Å². The Morgan fingerprint density at radius 3 is 3.00 bits per heavy atom. The second-order valence-corrected chi connectivity index (χ2v) is 5.59. The number of anilines is 1. The van der Waals surface area contributed by atoms with Crippen molar-refractivity contribution in [3.63, 3.8) is 0 Å². The number of aromatic nitrogens is 2. The highest BCUT2D eigenvalue weighted by atomic mass is 32.2. The summed E-state index contributed by atoms with van der Waals surface area (Å²) in [5, 5.41) is 3.44. The van der Waals surface area contributed by atoms with Crippen LogP contribution in [0.1, 0.15) is 15.9 Å². The summed E-state index contributed by atoms with van der Waals surface area (Å²) >= 11 is 1.53. The number of carbonyl (C=O) groups excluding carboxylic acids is 1. The van der Waals surface area contributed by atoms with Gasteiger partial charge in [0.1, 0.15) is 5.56 Å². The molecule has 1 aromatic heterocycles. The summed E-state index contributed by atoms with van der Waals surface area (Å²) in [6.45, 7) is 2.51. The summed E-state index contributed by atoms with van der Waals surface area (Å²) in [7, 11) is 0. The molecule has 0 unspecified atom stereocenters. The van der Waals surface area contributed by atoms with Crippen LogP contribution in [0.3, 0.4) is 0 Å². The van der Waals surface area contributed by atoms with Crippen LogP contribution in [0.15, 0.2) is 40.4 Å². The minimum Gasteiger partial charge on any atom is -0.322 e. The van der Waals surface area contributed by atoms with Gasteiger partial charge in [-0.15, -0.1) is 0 Å². The van der Waals surface area contributed by atoms with Gasteiger partial charge in [0, 0.05) is 24.2 Å². The van der Waals surface area contributed by atoms with Crippen molar-refractivity contribution >= 4 is 23.4 Å². The van der Waals surface area contributed by atoms with Crippen molar-refractivity contribution in [3.05, 3.63) is 51.9 Å². The molecule has 0 aliphatic carbocycles. The Balaban J connectivity index is 1.93. The Morgan fingerprint density at radius 1 is 1.40 bits per heavy atom. The Labute approximate surface area is 120 Å². The van der Waals surface area contributed by atoms with Crippen molar-refractivity contribution in [3.8, 4) is 0 Å². The molecular weight excluding hydrogens is 274 g/mol. The number of para-hydroxylation sites is 1. The van der Waals surface area contributed by atoms with Crippen LogP contribution in [-0.2, 0) is 6.54 Å². The van der Waals surface area contributed by atoms with Crippen LogP contribution in [0.2, 0.25) is 0 Å². The Bertz CT molecular complexity index is 739. The molecular formula is C14H13N3O2S. The molecule has 102 valence electrons. The molecule has 1 aromatic carbocycles. The predicted octanol–water partition coefficient (Wildman–Crippen LogP) is 1.91. The number of hydrogen-bond acceptors (Lipinski definition) is 4. The van der Waals surface area contributed by atoms with Crippen molar-refractivity contribution < 1.29 is 4.79 Å². The lowest BCUT2D eigenvalue weighted by Gasteiger charge is -2.08. The normalized spacial score (nSPS) is 13.1. The van der Waals surface area contributed by atoms with Crippen LogP contribution in [0.4, 0.5) is 5.69 Å². The van der Waals surface area contributed by atoms with E-state index in [2.05, 4.69) is 10.3 Å².